The largest absolute Gasteiger partial charge is 0.366 e. The van der Waals surface area contributed by atoms with Gasteiger partial charge in [-0.15, -0.1) is 0 Å². The first-order valence-electron chi connectivity index (χ1n) is 5.78. The third kappa shape index (κ3) is 2.01. The highest BCUT2D eigenvalue weighted by Gasteiger charge is 2.17. The van der Waals surface area contributed by atoms with Gasteiger partial charge in [-0.2, -0.15) is 0 Å². The average Bonchev–Trinajstić information content (AvgIpc) is 3.11. The Balaban J connectivity index is 2.07. The van der Waals surface area contributed by atoms with E-state index in [4.69, 9.17) is 5.73 Å². The lowest BCUT2D eigenvalue weighted by Crippen LogP contribution is -2.11. The molecule has 0 unspecified atom stereocenters. The summed E-state index contributed by atoms with van der Waals surface area (Å²) < 4.78 is 0. The van der Waals surface area contributed by atoms with Crippen LogP contribution < -0.4 is 5.73 Å². The Morgan fingerprint density at radius 1 is 1.24 bits per heavy atom. The number of carbonyl (C=O) groups excluding carboxylic acids is 1. The Morgan fingerprint density at radius 3 is 2.76 bits per heavy atom. The van der Waals surface area contributed by atoms with Crippen molar-refractivity contribution in [1.82, 2.24) is 4.90 Å². The fraction of sp³-hybridized carbons (Fsp3) is 0.214. The number of benzene rings is 2. The molecule has 0 aliphatic carbocycles. The molecule has 0 radical (unpaired) electrons. The first-order chi connectivity index (χ1) is 8.24. The molecule has 0 bridgehead atoms. The van der Waals surface area contributed by atoms with Gasteiger partial charge in [-0.3, -0.25) is 9.69 Å². The van der Waals surface area contributed by atoms with Crippen molar-refractivity contribution >= 4 is 16.7 Å². The zero-order valence-corrected chi connectivity index (χ0v) is 9.52. The van der Waals surface area contributed by atoms with Crippen molar-refractivity contribution in [2.24, 2.45) is 5.73 Å². The van der Waals surface area contributed by atoms with Crippen LogP contribution in [0.5, 0.6) is 0 Å². The Kier molecular flexibility index (Phi) is 2.34. The van der Waals surface area contributed by atoms with Crippen LogP contribution in [0.4, 0.5) is 0 Å². The highest BCUT2D eigenvalue weighted by molar-refractivity contribution is 6.06. The van der Waals surface area contributed by atoms with Gasteiger partial charge in [0.25, 0.3) is 0 Å². The van der Waals surface area contributed by atoms with Gasteiger partial charge in [0, 0.05) is 25.2 Å². The van der Waals surface area contributed by atoms with Gasteiger partial charge >= 0.3 is 0 Å². The van der Waals surface area contributed by atoms with Crippen molar-refractivity contribution in [3.8, 4) is 0 Å². The molecule has 1 aliphatic heterocycles. The third-order valence-electron chi connectivity index (χ3n) is 3.16. The number of fused-ring (bicyclic) bond motifs is 1. The zero-order chi connectivity index (χ0) is 11.8. The predicted octanol–water partition coefficient (Wildman–Crippen LogP) is 1.75. The van der Waals surface area contributed by atoms with Crippen LogP contribution in [0.2, 0.25) is 0 Å². The van der Waals surface area contributed by atoms with E-state index in [0.29, 0.717) is 5.56 Å². The molecule has 1 heterocycles. The van der Waals surface area contributed by atoms with Crippen molar-refractivity contribution in [2.45, 2.75) is 6.54 Å². The van der Waals surface area contributed by atoms with Crippen LogP contribution in [0, 0.1) is 0 Å². The molecule has 2 N–H and O–H groups in total. The van der Waals surface area contributed by atoms with Crippen molar-refractivity contribution < 1.29 is 4.79 Å². The highest BCUT2D eigenvalue weighted by atomic mass is 16.1. The second-order valence-electron chi connectivity index (χ2n) is 4.50. The van der Waals surface area contributed by atoms with Crippen molar-refractivity contribution in [1.29, 1.82) is 0 Å². The monoisotopic (exact) mass is 226 g/mol. The molecule has 86 valence electrons. The average molecular weight is 226 g/mol. The molecule has 17 heavy (non-hydrogen) atoms. The number of hydrogen-bond donors (Lipinski definition) is 1. The van der Waals surface area contributed by atoms with Crippen molar-refractivity contribution in [3.05, 3.63) is 47.5 Å². The first kappa shape index (κ1) is 10.3. The molecule has 3 heteroatoms. The van der Waals surface area contributed by atoms with Crippen LogP contribution in [-0.4, -0.2) is 23.9 Å². The number of rotatable bonds is 3. The van der Waals surface area contributed by atoms with Crippen LogP contribution in [0.1, 0.15) is 15.9 Å². The second-order valence-corrected chi connectivity index (χ2v) is 4.50. The molecular weight excluding hydrogens is 212 g/mol. The number of nitrogens with zero attached hydrogens (tertiary/aromatic N) is 1. The van der Waals surface area contributed by atoms with E-state index < -0.39 is 0 Å². The number of amides is 1. The van der Waals surface area contributed by atoms with Gasteiger partial charge in [-0.05, 0) is 28.5 Å². The fourth-order valence-corrected chi connectivity index (χ4v) is 2.13. The molecule has 1 aliphatic rings. The minimum atomic E-state index is -0.366. The lowest BCUT2D eigenvalue weighted by molar-refractivity contribution is 0.100. The topological polar surface area (TPSA) is 46.1 Å². The maximum Gasteiger partial charge on any atom is 0.249 e. The third-order valence-corrected chi connectivity index (χ3v) is 3.16. The summed E-state index contributed by atoms with van der Waals surface area (Å²) in [7, 11) is 0. The number of hydrogen-bond acceptors (Lipinski definition) is 2. The standard InChI is InChI=1S/C14H14N2O/c15-14(17)13-3-1-2-11-8-10(4-5-12(11)13)9-16-6-7-16/h1-5,8H,6-7,9H2,(H2,15,17). The summed E-state index contributed by atoms with van der Waals surface area (Å²) in [6.45, 7) is 3.38. The molecule has 1 fully saturated rings. The fourth-order valence-electron chi connectivity index (χ4n) is 2.13. The van der Waals surface area contributed by atoms with Gasteiger partial charge in [0.1, 0.15) is 0 Å². The lowest BCUT2D eigenvalue weighted by Gasteiger charge is -2.06. The summed E-state index contributed by atoms with van der Waals surface area (Å²) >= 11 is 0. The maximum atomic E-state index is 11.3. The van der Waals surface area contributed by atoms with E-state index in [-0.39, 0.29) is 5.91 Å². The zero-order valence-electron chi connectivity index (χ0n) is 9.52. The summed E-state index contributed by atoms with van der Waals surface area (Å²) in [5.74, 6) is -0.366. The molecule has 0 saturated carbocycles. The summed E-state index contributed by atoms with van der Waals surface area (Å²) in [6.07, 6.45) is 0. The van der Waals surface area contributed by atoms with Gasteiger partial charge in [-0.1, -0.05) is 24.3 Å². The van der Waals surface area contributed by atoms with E-state index in [1.54, 1.807) is 6.07 Å². The molecule has 0 spiro atoms. The minimum absolute atomic E-state index is 0.366. The van der Waals surface area contributed by atoms with Gasteiger partial charge in [-0.25, -0.2) is 0 Å². The van der Waals surface area contributed by atoms with Gasteiger partial charge < -0.3 is 5.73 Å². The Morgan fingerprint density at radius 2 is 2.06 bits per heavy atom. The molecule has 1 amide bonds. The smallest absolute Gasteiger partial charge is 0.249 e. The Bertz CT molecular complexity index is 588. The quantitative estimate of drug-likeness (QED) is 0.810. The van der Waals surface area contributed by atoms with Gasteiger partial charge in [0.15, 0.2) is 0 Å². The van der Waals surface area contributed by atoms with Crippen LogP contribution in [0.3, 0.4) is 0 Å². The van der Waals surface area contributed by atoms with E-state index in [1.165, 1.54) is 18.7 Å². The van der Waals surface area contributed by atoms with E-state index in [9.17, 15) is 4.79 Å². The lowest BCUT2D eigenvalue weighted by atomic mass is 10.0. The molecular formula is C14H14N2O. The summed E-state index contributed by atoms with van der Waals surface area (Å²) in [6, 6.07) is 11.9. The Hall–Kier alpha value is -1.87. The number of nitrogens with two attached hydrogens (primary N) is 1. The van der Waals surface area contributed by atoms with E-state index in [2.05, 4.69) is 17.0 Å². The normalized spacial score (nSPS) is 15.1. The highest BCUT2D eigenvalue weighted by Crippen LogP contribution is 2.22. The maximum absolute atomic E-state index is 11.3. The van der Waals surface area contributed by atoms with Gasteiger partial charge in [0.05, 0.1) is 0 Å². The summed E-state index contributed by atoms with van der Waals surface area (Å²) in [5, 5.41) is 2.02. The summed E-state index contributed by atoms with van der Waals surface area (Å²) in [4.78, 5) is 13.7. The van der Waals surface area contributed by atoms with Crippen LogP contribution in [0.15, 0.2) is 36.4 Å². The molecule has 0 aromatic heterocycles. The molecule has 3 rings (SSSR count). The predicted molar refractivity (Wildman–Crippen MR) is 67.7 cm³/mol. The molecule has 0 atom stereocenters. The van der Waals surface area contributed by atoms with Crippen LogP contribution in [-0.2, 0) is 6.54 Å². The molecule has 2 aromatic carbocycles. The van der Waals surface area contributed by atoms with E-state index >= 15 is 0 Å². The molecule has 3 nitrogen and oxygen atoms in total. The second kappa shape index (κ2) is 3.86. The van der Waals surface area contributed by atoms with Crippen molar-refractivity contribution in [2.75, 3.05) is 13.1 Å². The Labute approximate surface area is 99.8 Å². The van der Waals surface area contributed by atoms with Crippen molar-refractivity contribution in [3.63, 3.8) is 0 Å². The molecule has 2 aromatic rings. The SMILES string of the molecule is NC(=O)c1cccc2cc(CN3CC3)ccc12. The minimum Gasteiger partial charge on any atom is -0.366 e. The summed E-state index contributed by atoms with van der Waals surface area (Å²) in [5.41, 5.74) is 7.25. The van der Waals surface area contributed by atoms with E-state index in [1.807, 2.05) is 18.2 Å². The van der Waals surface area contributed by atoms with Crippen LogP contribution >= 0.6 is 0 Å². The van der Waals surface area contributed by atoms with E-state index in [0.717, 1.165) is 17.3 Å². The molecule has 1 saturated heterocycles. The number of carbonyl (C=O) groups is 1. The first-order valence-corrected chi connectivity index (χ1v) is 5.78. The van der Waals surface area contributed by atoms with Crippen LogP contribution in [0.25, 0.3) is 10.8 Å². The number of primary amides is 1. The van der Waals surface area contributed by atoms with Gasteiger partial charge in [0.2, 0.25) is 5.91 Å².